The third-order valence-electron chi connectivity index (χ3n) is 3.87. The molecular weight excluding hydrogens is 416 g/mol. The molecule has 0 amide bonds. The molecule has 0 saturated carbocycles. The smallest absolute Gasteiger partial charge is 0.498 e. The van der Waals surface area contributed by atoms with Gasteiger partial charge >= 0.3 is 17.1 Å². The average molecular weight is 434 g/mol. The van der Waals surface area contributed by atoms with Crippen LogP contribution in [0.2, 0.25) is 0 Å². The fourth-order valence-corrected chi connectivity index (χ4v) is 2.64. The molecule has 0 aliphatic carbocycles. The molecule has 8 heteroatoms. The minimum Gasteiger partial charge on any atom is -0.498 e. The van der Waals surface area contributed by atoms with Gasteiger partial charge in [-0.2, -0.15) is 30.3 Å². The number of carbonyl (C=O) groups is 1. The number of ether oxygens (including phenoxy) is 1. The molecule has 0 unspecified atom stereocenters. The Labute approximate surface area is 178 Å². The Morgan fingerprint density at radius 3 is 2.36 bits per heavy atom. The number of methoxy groups -OCH3 is 1. The van der Waals surface area contributed by atoms with Crippen LogP contribution in [0.25, 0.3) is 11.4 Å². The Morgan fingerprint density at radius 2 is 1.86 bits per heavy atom. The maximum absolute atomic E-state index is 12.7. The van der Waals surface area contributed by atoms with Gasteiger partial charge in [0.25, 0.3) is 0 Å². The zero-order valence-corrected chi connectivity index (χ0v) is 17.0. The van der Waals surface area contributed by atoms with Gasteiger partial charge in [-0.1, -0.05) is 11.6 Å². The van der Waals surface area contributed by atoms with Crippen molar-refractivity contribution in [1.29, 1.82) is 0 Å². The molecule has 0 spiro atoms. The Morgan fingerprint density at radius 1 is 1.18 bits per heavy atom. The fraction of sp³-hybridized carbons (Fsp3) is 0.0500. The van der Waals surface area contributed by atoms with Crippen molar-refractivity contribution in [2.75, 3.05) is 13.0 Å². The fourth-order valence-electron chi connectivity index (χ4n) is 2.50. The molecule has 0 atom stereocenters. The van der Waals surface area contributed by atoms with Crippen LogP contribution >= 0.6 is 12.6 Å². The van der Waals surface area contributed by atoms with Crippen LogP contribution in [-0.4, -0.2) is 27.8 Å². The summed E-state index contributed by atoms with van der Waals surface area (Å²) in [4.78, 5) is 12.7. The number of hydrogen-bond donors (Lipinski definition) is 2. The second-order valence-electron chi connectivity index (χ2n) is 5.57. The van der Waals surface area contributed by atoms with Crippen molar-refractivity contribution in [2.24, 2.45) is 0 Å². The van der Waals surface area contributed by atoms with Gasteiger partial charge in [0, 0.05) is 0 Å². The van der Waals surface area contributed by atoms with Gasteiger partial charge in [-0.25, -0.2) is 16.8 Å². The van der Waals surface area contributed by atoms with Crippen molar-refractivity contribution >= 4 is 18.4 Å². The first-order chi connectivity index (χ1) is 13.1. The molecule has 4 rings (SSSR count). The first kappa shape index (κ1) is 21.5. The van der Waals surface area contributed by atoms with E-state index in [1.54, 1.807) is 37.4 Å². The molecule has 4 aromatic rings. The van der Waals surface area contributed by atoms with E-state index in [0.717, 1.165) is 0 Å². The van der Waals surface area contributed by atoms with Gasteiger partial charge < -0.3 is 15.4 Å². The topological polar surface area (TPSA) is 83.0 Å². The second kappa shape index (κ2) is 9.94. The van der Waals surface area contributed by atoms with E-state index in [1.807, 2.05) is 42.5 Å². The van der Waals surface area contributed by atoms with E-state index in [4.69, 9.17) is 10.6 Å². The summed E-state index contributed by atoms with van der Waals surface area (Å²) in [5, 5.41) is 8.05. The maximum Gasteiger partial charge on any atom is 2.00 e. The summed E-state index contributed by atoms with van der Waals surface area (Å²) >= 11 is 4.11. The summed E-state index contributed by atoms with van der Waals surface area (Å²) in [5.41, 5.74) is 1.60. The monoisotopic (exact) mass is 434 g/mol. The number of rotatable bonds is 4. The van der Waals surface area contributed by atoms with Gasteiger partial charge in [0.05, 0.1) is 7.11 Å². The second-order valence-corrected chi connectivity index (χ2v) is 5.97. The van der Waals surface area contributed by atoms with Gasteiger partial charge in [0.1, 0.15) is 11.5 Å². The Kier molecular flexibility index (Phi) is 7.63. The zero-order valence-electron chi connectivity index (χ0n) is 15.0. The summed E-state index contributed by atoms with van der Waals surface area (Å²) in [6.45, 7) is 0. The minimum absolute atomic E-state index is 0. The van der Waals surface area contributed by atoms with Crippen molar-refractivity contribution in [2.45, 2.75) is 5.16 Å². The number of hydrogen-bond acceptors (Lipinski definition) is 6. The third kappa shape index (κ3) is 4.72. The normalized spacial score (nSPS) is 9.79. The molecular formula is C20H18FeN4O2S. The molecule has 1 heterocycles. The Hall–Kier alpha value is -2.80. The van der Waals surface area contributed by atoms with E-state index in [-0.39, 0.29) is 28.0 Å². The molecule has 0 fully saturated rings. The summed E-state index contributed by atoms with van der Waals surface area (Å²) in [5.74, 6) is 6.67. The summed E-state index contributed by atoms with van der Waals surface area (Å²) in [6.07, 6.45) is 0. The molecule has 6 nitrogen and oxygen atoms in total. The number of benzene rings is 1. The third-order valence-corrected chi connectivity index (χ3v) is 4.18. The Balaban J connectivity index is 0.000000408. The van der Waals surface area contributed by atoms with E-state index in [9.17, 15) is 4.79 Å². The van der Waals surface area contributed by atoms with Gasteiger partial charge in [0.15, 0.2) is 5.82 Å². The molecule has 2 N–H and O–H groups in total. The van der Waals surface area contributed by atoms with Crippen LogP contribution < -0.4 is 10.6 Å². The van der Waals surface area contributed by atoms with Crippen LogP contribution in [-0.2, 0) is 17.1 Å². The van der Waals surface area contributed by atoms with Gasteiger partial charge in [-0.3, -0.25) is 0 Å². The SMILES string of the molecule is COc1ccc(-c2nnc(S)n2N)c(C(=O)[c-]2cccc2)c1.[Fe+2].c1cc[cH-]c1. The number of nitrogens with zero attached hydrogens (tertiary/aromatic N) is 3. The van der Waals surface area contributed by atoms with Crippen LogP contribution in [0.3, 0.4) is 0 Å². The standard InChI is InChI=1S/C15H13N4O2S.C5H5.Fe/c1-21-10-6-7-11(14-17-18-15(22)19(14)16)12(8-10)13(20)9-4-2-3-5-9;1-2-4-5-3-1;/h2-8H,16H2,1H3,(H,18,22);1-5H;/q2*-1;+2. The number of nitrogen functional groups attached to an aromatic ring is 1. The van der Waals surface area contributed by atoms with Crippen LogP contribution in [0.15, 0.2) is 78.0 Å². The molecule has 0 saturated heterocycles. The molecule has 0 aliphatic heterocycles. The van der Waals surface area contributed by atoms with Crippen LogP contribution in [0.4, 0.5) is 0 Å². The van der Waals surface area contributed by atoms with Crippen LogP contribution in [0.5, 0.6) is 5.75 Å². The molecule has 1 aromatic heterocycles. The molecule has 28 heavy (non-hydrogen) atoms. The number of nitrogens with two attached hydrogens (primary N) is 1. The van der Waals surface area contributed by atoms with Gasteiger partial charge in [-0.15, -0.1) is 35.0 Å². The van der Waals surface area contributed by atoms with Gasteiger partial charge in [-0.05, 0) is 23.3 Å². The van der Waals surface area contributed by atoms with E-state index in [2.05, 4.69) is 22.8 Å². The number of carbonyl (C=O) groups excluding carboxylic acids is 1. The number of thiol groups is 1. The average Bonchev–Trinajstić information content (AvgIpc) is 3.47. The maximum atomic E-state index is 12.7. The van der Waals surface area contributed by atoms with Crippen LogP contribution in [0.1, 0.15) is 15.9 Å². The quantitative estimate of drug-likeness (QED) is 0.169. The van der Waals surface area contributed by atoms with Crippen molar-refractivity contribution in [3.63, 3.8) is 0 Å². The summed E-state index contributed by atoms with van der Waals surface area (Å²) in [7, 11) is 1.54. The minimum atomic E-state index is -0.136. The predicted octanol–water partition coefficient (Wildman–Crippen LogP) is 3.31. The van der Waals surface area contributed by atoms with Crippen molar-refractivity contribution in [1.82, 2.24) is 14.9 Å². The Bertz CT molecular complexity index is 994. The molecule has 0 aliphatic rings. The van der Waals surface area contributed by atoms with Crippen molar-refractivity contribution in [3.05, 3.63) is 83.9 Å². The molecule has 0 bridgehead atoms. The summed E-state index contributed by atoms with van der Waals surface area (Å²) < 4.78 is 6.44. The summed E-state index contributed by atoms with van der Waals surface area (Å²) in [6, 6.07) is 22.3. The largest absolute Gasteiger partial charge is 2.00 e. The number of ketones is 1. The first-order valence-electron chi connectivity index (χ1n) is 8.12. The van der Waals surface area contributed by atoms with Crippen molar-refractivity contribution in [3.8, 4) is 17.1 Å². The molecule has 144 valence electrons. The number of aromatic nitrogens is 3. The van der Waals surface area contributed by atoms with Crippen molar-refractivity contribution < 1.29 is 26.6 Å². The zero-order chi connectivity index (χ0) is 19.2. The molecule has 3 aromatic carbocycles. The predicted molar refractivity (Wildman–Crippen MR) is 107 cm³/mol. The van der Waals surface area contributed by atoms with E-state index < -0.39 is 0 Å². The van der Waals surface area contributed by atoms with E-state index in [0.29, 0.717) is 28.3 Å². The van der Waals surface area contributed by atoms with Crippen LogP contribution in [0, 0.1) is 0 Å². The first-order valence-corrected chi connectivity index (χ1v) is 8.57. The van der Waals surface area contributed by atoms with Gasteiger partial charge in [0.2, 0.25) is 5.16 Å². The van der Waals surface area contributed by atoms with E-state index in [1.165, 1.54) is 4.68 Å². The van der Waals surface area contributed by atoms with E-state index >= 15 is 0 Å². The molecule has 0 radical (unpaired) electrons.